The zero-order valence-corrected chi connectivity index (χ0v) is 33.7. The molecule has 0 aliphatic carbocycles. The van der Waals surface area contributed by atoms with Crippen molar-refractivity contribution < 1.29 is 42.1 Å². The average Bonchev–Trinajstić information content (AvgIpc) is 3.07. The van der Waals surface area contributed by atoms with Gasteiger partial charge in [0.1, 0.15) is 19.8 Å². The van der Waals surface area contributed by atoms with E-state index in [4.69, 9.17) is 18.5 Å². The standard InChI is InChI=1S/C41H72NO8P/c1-6-8-10-12-14-16-18-19-20-21-22-23-24-26-28-30-32-34-41(44)50-39(38-49-51(45,46)48-36-35-42(3,4)5)37-47-40(43)33-31-29-27-25-17-15-13-11-9-7-2/h8,10,14,16,19-20,22-23,26,28,39H,6-7,9,11-13,15,17-18,21,24-25,27,29-38H2,1-5H3/b10-8-,16-14-,20-19-,23-22-,28-26-/t39-/m1/s1. The average molecular weight is 738 g/mol. The molecule has 0 saturated carbocycles. The van der Waals surface area contributed by atoms with Crippen LogP contribution in [-0.2, 0) is 32.7 Å². The summed E-state index contributed by atoms with van der Waals surface area (Å²) in [5.74, 6) is -0.910. The van der Waals surface area contributed by atoms with Gasteiger partial charge in [-0.3, -0.25) is 14.2 Å². The quantitative estimate of drug-likeness (QED) is 0.0211. The second-order valence-corrected chi connectivity index (χ2v) is 15.3. The topological polar surface area (TPSA) is 111 Å². The third-order valence-electron chi connectivity index (χ3n) is 7.80. The second-order valence-electron chi connectivity index (χ2n) is 13.9. The minimum absolute atomic E-state index is 0.0433. The van der Waals surface area contributed by atoms with Crippen LogP contribution in [0.3, 0.4) is 0 Å². The number of hydrogen-bond donors (Lipinski definition) is 0. The Labute approximate surface area is 311 Å². The lowest BCUT2D eigenvalue weighted by Crippen LogP contribution is -2.37. The number of esters is 2. The number of hydrogen-bond acceptors (Lipinski definition) is 8. The molecule has 0 radical (unpaired) electrons. The molecule has 0 amide bonds. The Morgan fingerprint density at radius 1 is 0.627 bits per heavy atom. The van der Waals surface area contributed by atoms with Gasteiger partial charge in [0.2, 0.25) is 0 Å². The number of nitrogens with zero attached hydrogens (tertiary/aromatic N) is 1. The van der Waals surface area contributed by atoms with Crippen LogP contribution < -0.4 is 4.89 Å². The zero-order valence-electron chi connectivity index (χ0n) is 32.8. The van der Waals surface area contributed by atoms with Crippen molar-refractivity contribution in [3.05, 3.63) is 60.8 Å². The van der Waals surface area contributed by atoms with Crippen molar-refractivity contribution in [3.63, 3.8) is 0 Å². The van der Waals surface area contributed by atoms with Crippen LogP contribution in [0.5, 0.6) is 0 Å². The van der Waals surface area contributed by atoms with E-state index in [2.05, 4.69) is 68.5 Å². The molecule has 0 aromatic carbocycles. The first-order valence-corrected chi connectivity index (χ1v) is 21.0. The fraction of sp³-hybridized carbons (Fsp3) is 0.707. The molecule has 0 heterocycles. The molecule has 0 aromatic rings. The third-order valence-corrected chi connectivity index (χ3v) is 8.77. The van der Waals surface area contributed by atoms with Gasteiger partial charge in [-0.2, -0.15) is 0 Å². The number of phosphoric acid groups is 1. The lowest BCUT2D eigenvalue weighted by molar-refractivity contribution is -0.870. The van der Waals surface area contributed by atoms with Crippen LogP contribution in [0.1, 0.15) is 136 Å². The molecule has 10 heteroatoms. The number of phosphoric ester groups is 1. The Morgan fingerprint density at radius 3 is 1.65 bits per heavy atom. The van der Waals surface area contributed by atoms with Gasteiger partial charge in [0.15, 0.2) is 6.10 Å². The number of unbranched alkanes of at least 4 members (excludes halogenated alkanes) is 10. The Balaban J connectivity index is 4.54. The predicted molar refractivity (Wildman–Crippen MR) is 208 cm³/mol. The summed E-state index contributed by atoms with van der Waals surface area (Å²) in [4.78, 5) is 37.3. The van der Waals surface area contributed by atoms with Gasteiger partial charge in [0, 0.05) is 12.8 Å². The Hall–Kier alpha value is -2.29. The molecule has 0 aliphatic heterocycles. The summed E-state index contributed by atoms with van der Waals surface area (Å²) in [6, 6.07) is 0. The molecule has 0 bridgehead atoms. The monoisotopic (exact) mass is 737 g/mol. The van der Waals surface area contributed by atoms with Crippen LogP contribution in [0.4, 0.5) is 0 Å². The lowest BCUT2D eigenvalue weighted by Gasteiger charge is -2.28. The molecule has 0 spiro atoms. The van der Waals surface area contributed by atoms with E-state index in [0.717, 1.165) is 51.4 Å². The molecular formula is C41H72NO8P. The van der Waals surface area contributed by atoms with Gasteiger partial charge in [-0.25, -0.2) is 0 Å². The summed E-state index contributed by atoms with van der Waals surface area (Å²) < 4.78 is 33.7. The maximum absolute atomic E-state index is 12.6. The molecule has 294 valence electrons. The van der Waals surface area contributed by atoms with E-state index in [1.807, 2.05) is 27.2 Å². The van der Waals surface area contributed by atoms with Crippen LogP contribution >= 0.6 is 7.82 Å². The van der Waals surface area contributed by atoms with Crippen LogP contribution in [0, 0.1) is 0 Å². The van der Waals surface area contributed by atoms with Crippen molar-refractivity contribution >= 4 is 19.8 Å². The van der Waals surface area contributed by atoms with E-state index in [1.54, 1.807) is 0 Å². The van der Waals surface area contributed by atoms with Crippen molar-refractivity contribution in [1.29, 1.82) is 0 Å². The molecular weight excluding hydrogens is 665 g/mol. The molecule has 0 fully saturated rings. The third kappa shape index (κ3) is 37.3. The van der Waals surface area contributed by atoms with E-state index in [1.165, 1.54) is 44.9 Å². The van der Waals surface area contributed by atoms with Crippen molar-refractivity contribution in [3.8, 4) is 0 Å². The van der Waals surface area contributed by atoms with Crippen LogP contribution in [0.25, 0.3) is 0 Å². The first-order chi connectivity index (χ1) is 24.5. The Morgan fingerprint density at radius 2 is 1.12 bits per heavy atom. The molecule has 1 unspecified atom stereocenters. The van der Waals surface area contributed by atoms with E-state index < -0.39 is 32.5 Å². The molecule has 0 aromatic heterocycles. The second kappa shape index (κ2) is 33.5. The minimum Gasteiger partial charge on any atom is -0.756 e. The fourth-order valence-electron chi connectivity index (χ4n) is 4.75. The molecule has 9 nitrogen and oxygen atoms in total. The van der Waals surface area contributed by atoms with Gasteiger partial charge in [0.05, 0.1) is 27.7 Å². The number of carbonyl (C=O) groups excluding carboxylic acids is 2. The first kappa shape index (κ1) is 48.7. The number of rotatable bonds is 34. The maximum atomic E-state index is 12.6. The highest BCUT2D eigenvalue weighted by atomic mass is 31.2. The van der Waals surface area contributed by atoms with Gasteiger partial charge in [-0.05, 0) is 51.4 Å². The van der Waals surface area contributed by atoms with Crippen LogP contribution in [0.2, 0.25) is 0 Å². The van der Waals surface area contributed by atoms with Crippen LogP contribution in [0.15, 0.2) is 60.8 Å². The van der Waals surface area contributed by atoms with Crippen LogP contribution in [-0.4, -0.2) is 70.0 Å². The molecule has 0 aliphatic rings. The molecule has 0 saturated heterocycles. The molecule has 0 N–H and O–H groups in total. The van der Waals surface area contributed by atoms with Gasteiger partial charge in [-0.15, -0.1) is 0 Å². The van der Waals surface area contributed by atoms with E-state index >= 15 is 0 Å². The first-order valence-electron chi connectivity index (χ1n) is 19.5. The normalized spacial score (nSPS) is 14.4. The number of ether oxygens (including phenoxy) is 2. The summed E-state index contributed by atoms with van der Waals surface area (Å²) >= 11 is 0. The van der Waals surface area contributed by atoms with Crippen molar-refractivity contribution in [2.75, 3.05) is 47.5 Å². The van der Waals surface area contributed by atoms with Gasteiger partial charge in [0.25, 0.3) is 7.82 Å². The highest BCUT2D eigenvalue weighted by Gasteiger charge is 2.21. The summed E-state index contributed by atoms with van der Waals surface area (Å²) in [6.07, 6.45) is 38.3. The summed E-state index contributed by atoms with van der Waals surface area (Å²) in [5.41, 5.74) is 0. The van der Waals surface area contributed by atoms with Gasteiger partial charge < -0.3 is 27.9 Å². The predicted octanol–water partition coefficient (Wildman–Crippen LogP) is 9.88. The van der Waals surface area contributed by atoms with E-state index in [0.29, 0.717) is 23.9 Å². The summed E-state index contributed by atoms with van der Waals surface area (Å²) in [5, 5.41) is 0. The maximum Gasteiger partial charge on any atom is 0.306 e. The molecule has 2 atom stereocenters. The molecule has 51 heavy (non-hydrogen) atoms. The van der Waals surface area contributed by atoms with Crippen molar-refractivity contribution in [2.24, 2.45) is 0 Å². The van der Waals surface area contributed by atoms with E-state index in [-0.39, 0.29) is 26.1 Å². The highest BCUT2D eigenvalue weighted by Crippen LogP contribution is 2.38. The number of carbonyl (C=O) groups is 2. The number of quaternary nitrogens is 1. The van der Waals surface area contributed by atoms with Crippen molar-refractivity contribution in [1.82, 2.24) is 0 Å². The lowest BCUT2D eigenvalue weighted by atomic mass is 10.1. The van der Waals surface area contributed by atoms with Gasteiger partial charge in [-0.1, -0.05) is 132 Å². The number of allylic oxidation sites excluding steroid dienone is 10. The fourth-order valence-corrected chi connectivity index (χ4v) is 5.48. The highest BCUT2D eigenvalue weighted by molar-refractivity contribution is 7.45. The smallest absolute Gasteiger partial charge is 0.306 e. The van der Waals surface area contributed by atoms with Gasteiger partial charge >= 0.3 is 11.9 Å². The summed E-state index contributed by atoms with van der Waals surface area (Å²) in [7, 11) is 1.12. The zero-order chi connectivity index (χ0) is 37.9. The Kier molecular flexibility index (Phi) is 32.0. The minimum atomic E-state index is -4.63. The Bertz CT molecular complexity index is 1060. The summed E-state index contributed by atoms with van der Waals surface area (Å²) in [6.45, 7) is 4.00. The molecule has 0 rings (SSSR count). The van der Waals surface area contributed by atoms with E-state index in [9.17, 15) is 19.0 Å². The van der Waals surface area contributed by atoms with Crippen molar-refractivity contribution in [2.45, 2.75) is 142 Å². The number of likely N-dealkylation sites (N-methyl/N-ethyl adjacent to an activating group) is 1. The largest absolute Gasteiger partial charge is 0.756 e. The SMILES string of the molecule is CC/C=C\C/C=C\C/C=C\C/C=C\C/C=C\CCCC(=O)O[C@H](COC(=O)CCCCCCCCCCCC)COP(=O)([O-])OCC[N+](C)(C)C.